The van der Waals surface area contributed by atoms with Crippen molar-refractivity contribution in [3.63, 3.8) is 0 Å². The topological polar surface area (TPSA) is 57.7 Å². The summed E-state index contributed by atoms with van der Waals surface area (Å²) in [5, 5.41) is 0. The number of sulfonamides is 1. The van der Waals surface area contributed by atoms with E-state index in [2.05, 4.69) is 0 Å². The van der Waals surface area contributed by atoms with E-state index in [0.717, 1.165) is 28.8 Å². The van der Waals surface area contributed by atoms with E-state index in [0.29, 0.717) is 5.69 Å². The number of hydrogen-bond acceptors (Lipinski definition) is 3. The van der Waals surface area contributed by atoms with Gasteiger partial charge in [-0.05, 0) is 74.2 Å². The Morgan fingerprint density at radius 3 is 2.35 bits per heavy atom. The minimum atomic E-state index is -3.92. The van der Waals surface area contributed by atoms with Crippen LogP contribution in [0.5, 0.6) is 0 Å². The Balaban J connectivity index is 1.75. The summed E-state index contributed by atoms with van der Waals surface area (Å²) in [6.07, 6.45) is 0.761. The van der Waals surface area contributed by atoms with Gasteiger partial charge in [-0.3, -0.25) is 9.10 Å². The molecule has 1 aliphatic rings. The number of fused-ring (bicyclic) bond motifs is 1. The third-order valence-electron chi connectivity index (χ3n) is 5.86. The van der Waals surface area contributed by atoms with E-state index in [4.69, 9.17) is 0 Å². The fourth-order valence-corrected chi connectivity index (χ4v) is 5.49. The van der Waals surface area contributed by atoms with Gasteiger partial charge in [-0.25, -0.2) is 8.42 Å². The molecule has 0 aliphatic carbocycles. The molecular weight excluding hydrogens is 408 g/mol. The van der Waals surface area contributed by atoms with Gasteiger partial charge in [-0.15, -0.1) is 0 Å². The molecule has 1 amide bonds. The fourth-order valence-electron chi connectivity index (χ4n) is 4.06. The molecule has 1 heterocycles. The van der Waals surface area contributed by atoms with Crippen molar-refractivity contribution in [2.24, 2.45) is 0 Å². The van der Waals surface area contributed by atoms with Gasteiger partial charge in [0.05, 0.1) is 10.6 Å². The molecule has 1 atom stereocenters. The molecule has 0 aromatic heterocycles. The first kappa shape index (κ1) is 21.1. The van der Waals surface area contributed by atoms with Crippen LogP contribution >= 0.6 is 0 Å². The lowest BCUT2D eigenvalue weighted by Crippen LogP contribution is -2.45. The number of amides is 1. The van der Waals surface area contributed by atoms with Crippen LogP contribution in [-0.4, -0.2) is 26.9 Å². The van der Waals surface area contributed by atoms with E-state index in [1.807, 2.05) is 57.2 Å². The lowest BCUT2D eigenvalue weighted by Gasteiger charge is -2.29. The first-order valence-corrected chi connectivity index (χ1v) is 11.8. The molecule has 3 aromatic rings. The van der Waals surface area contributed by atoms with E-state index in [9.17, 15) is 13.2 Å². The van der Waals surface area contributed by atoms with Crippen molar-refractivity contribution in [1.82, 2.24) is 0 Å². The Morgan fingerprint density at radius 1 is 0.968 bits per heavy atom. The maximum Gasteiger partial charge on any atom is 0.264 e. The van der Waals surface area contributed by atoms with Crippen molar-refractivity contribution in [1.29, 1.82) is 0 Å². The van der Waals surface area contributed by atoms with Crippen LogP contribution in [-0.2, 0) is 21.2 Å². The summed E-state index contributed by atoms with van der Waals surface area (Å²) in [7, 11) is -3.92. The van der Waals surface area contributed by atoms with Gasteiger partial charge in [0.2, 0.25) is 5.91 Å². The highest BCUT2D eigenvalue weighted by molar-refractivity contribution is 7.92. The number of rotatable bonds is 5. The van der Waals surface area contributed by atoms with Crippen LogP contribution in [0.2, 0.25) is 0 Å². The molecule has 3 aromatic carbocycles. The van der Waals surface area contributed by atoms with Gasteiger partial charge in [-0.1, -0.05) is 42.5 Å². The van der Waals surface area contributed by atoms with Gasteiger partial charge in [0.15, 0.2) is 0 Å². The predicted molar refractivity (Wildman–Crippen MR) is 124 cm³/mol. The molecule has 6 heteroatoms. The quantitative estimate of drug-likeness (QED) is 0.595. The van der Waals surface area contributed by atoms with Crippen LogP contribution in [0, 0.1) is 13.8 Å². The van der Waals surface area contributed by atoms with Crippen LogP contribution in [0.15, 0.2) is 77.7 Å². The Morgan fingerprint density at radius 2 is 1.65 bits per heavy atom. The highest BCUT2D eigenvalue weighted by Crippen LogP contribution is 2.33. The van der Waals surface area contributed by atoms with Crippen molar-refractivity contribution in [3.05, 3.63) is 89.5 Å². The average Bonchev–Trinajstić information content (AvgIpc) is 3.10. The molecule has 0 saturated heterocycles. The van der Waals surface area contributed by atoms with Crippen molar-refractivity contribution in [2.45, 2.75) is 38.1 Å². The SMILES string of the molecule is Cc1ccc(N(CC(=O)N2c3ccccc3CC2C)S(=O)(=O)c2ccccc2)cc1C. The smallest absolute Gasteiger partial charge is 0.264 e. The van der Waals surface area contributed by atoms with Crippen molar-refractivity contribution < 1.29 is 13.2 Å². The summed E-state index contributed by atoms with van der Waals surface area (Å²) in [5.74, 6) is -0.241. The third-order valence-corrected chi connectivity index (χ3v) is 7.65. The summed E-state index contributed by atoms with van der Waals surface area (Å²) < 4.78 is 28.4. The van der Waals surface area contributed by atoms with E-state index >= 15 is 0 Å². The standard InChI is InChI=1S/C25H26N2O3S/c1-18-13-14-22(15-19(18)2)26(31(29,30)23-10-5-4-6-11-23)17-25(28)27-20(3)16-21-9-7-8-12-24(21)27/h4-15,20H,16-17H2,1-3H3. The number of hydrogen-bond donors (Lipinski definition) is 0. The second-order valence-corrected chi connectivity index (χ2v) is 9.90. The molecular formula is C25H26N2O3S. The number of carbonyl (C=O) groups excluding carboxylic acids is 1. The van der Waals surface area contributed by atoms with Gasteiger partial charge in [-0.2, -0.15) is 0 Å². The molecule has 0 N–H and O–H groups in total. The van der Waals surface area contributed by atoms with E-state index in [-0.39, 0.29) is 23.4 Å². The molecule has 160 valence electrons. The Hall–Kier alpha value is -3.12. The minimum Gasteiger partial charge on any atom is -0.307 e. The van der Waals surface area contributed by atoms with Crippen molar-refractivity contribution >= 4 is 27.3 Å². The Bertz CT molecular complexity index is 1220. The van der Waals surface area contributed by atoms with Gasteiger partial charge >= 0.3 is 0 Å². The Kier molecular flexibility index (Phi) is 5.58. The third kappa shape index (κ3) is 3.95. The lowest BCUT2D eigenvalue weighted by molar-refractivity contribution is -0.117. The molecule has 31 heavy (non-hydrogen) atoms. The zero-order chi connectivity index (χ0) is 22.2. The number of nitrogens with zero attached hydrogens (tertiary/aromatic N) is 2. The summed E-state index contributed by atoms with van der Waals surface area (Å²) in [5.41, 5.74) is 4.48. The molecule has 0 saturated carbocycles. The van der Waals surface area contributed by atoms with E-state index in [1.54, 1.807) is 41.3 Å². The van der Waals surface area contributed by atoms with Crippen molar-refractivity contribution in [2.75, 3.05) is 15.7 Å². The fraction of sp³-hybridized carbons (Fsp3) is 0.240. The maximum atomic E-state index is 13.6. The number of carbonyl (C=O) groups is 1. The molecule has 1 unspecified atom stereocenters. The minimum absolute atomic E-state index is 0.0223. The van der Waals surface area contributed by atoms with Crippen LogP contribution in [0.25, 0.3) is 0 Å². The van der Waals surface area contributed by atoms with Crippen LogP contribution < -0.4 is 9.21 Å². The van der Waals surface area contributed by atoms with Gasteiger partial charge < -0.3 is 4.90 Å². The molecule has 0 radical (unpaired) electrons. The van der Waals surface area contributed by atoms with E-state index in [1.165, 1.54) is 4.31 Å². The number of aryl methyl sites for hydroxylation is 2. The second kappa shape index (κ2) is 8.19. The number of anilines is 2. The molecule has 5 nitrogen and oxygen atoms in total. The van der Waals surface area contributed by atoms with Gasteiger partial charge in [0.1, 0.15) is 6.54 Å². The van der Waals surface area contributed by atoms with Crippen LogP contribution in [0.3, 0.4) is 0 Å². The predicted octanol–water partition coefficient (Wildman–Crippen LogP) is 4.48. The van der Waals surface area contributed by atoms with Crippen molar-refractivity contribution in [3.8, 4) is 0 Å². The Labute approximate surface area is 184 Å². The summed E-state index contributed by atoms with van der Waals surface area (Å²) in [6, 6.07) is 21.5. The largest absolute Gasteiger partial charge is 0.307 e. The normalized spacial score (nSPS) is 15.6. The van der Waals surface area contributed by atoms with Crippen LogP contribution in [0.4, 0.5) is 11.4 Å². The molecule has 0 spiro atoms. The zero-order valence-corrected chi connectivity index (χ0v) is 18.8. The van der Waals surface area contributed by atoms with Crippen LogP contribution in [0.1, 0.15) is 23.6 Å². The first-order valence-electron chi connectivity index (χ1n) is 10.3. The van der Waals surface area contributed by atoms with Gasteiger partial charge in [0.25, 0.3) is 10.0 Å². The zero-order valence-electron chi connectivity index (χ0n) is 17.9. The van der Waals surface area contributed by atoms with E-state index < -0.39 is 10.0 Å². The average molecular weight is 435 g/mol. The summed E-state index contributed by atoms with van der Waals surface area (Å²) >= 11 is 0. The highest BCUT2D eigenvalue weighted by Gasteiger charge is 2.34. The second-order valence-electron chi connectivity index (χ2n) is 8.04. The summed E-state index contributed by atoms with van der Waals surface area (Å²) in [6.45, 7) is 5.64. The molecule has 0 bridgehead atoms. The maximum absolute atomic E-state index is 13.6. The summed E-state index contributed by atoms with van der Waals surface area (Å²) in [4.78, 5) is 15.3. The number of benzene rings is 3. The molecule has 0 fully saturated rings. The number of para-hydroxylation sites is 1. The lowest BCUT2D eigenvalue weighted by atomic mass is 10.1. The highest BCUT2D eigenvalue weighted by atomic mass is 32.2. The van der Waals surface area contributed by atoms with Gasteiger partial charge in [0, 0.05) is 11.7 Å². The molecule has 4 rings (SSSR count). The first-order chi connectivity index (χ1) is 14.8. The monoisotopic (exact) mass is 434 g/mol. The molecule has 1 aliphatic heterocycles.